The van der Waals surface area contributed by atoms with Crippen LogP contribution in [-0.4, -0.2) is 70.7 Å². The molecule has 0 bridgehead atoms. The Kier molecular flexibility index (Phi) is 34.5. The van der Waals surface area contributed by atoms with Crippen LogP contribution in [0, 0.1) is 0 Å². The molecule has 8 nitrogen and oxygen atoms in total. The summed E-state index contributed by atoms with van der Waals surface area (Å²) in [5.74, 6) is -0.355. The minimum atomic E-state index is -4.52. The summed E-state index contributed by atoms with van der Waals surface area (Å²) in [6.45, 7) is 5.15. The molecule has 300 valence electrons. The largest absolute Gasteiger partial charge is 0.756 e. The lowest BCUT2D eigenvalue weighted by molar-refractivity contribution is -0.870. The SMILES string of the molecule is CC/C=C\C/C=C\C/C=C\C/C=C\C/C=C\C/C=C\CCCCCCCOCC(COP(=O)([O-])OCC[N+](C)(C)C)OC(=O)CCCCCCCC. The van der Waals surface area contributed by atoms with Crippen LogP contribution in [0.3, 0.4) is 0 Å². The van der Waals surface area contributed by atoms with Crippen LogP contribution in [-0.2, 0) is 27.9 Å². The summed E-state index contributed by atoms with van der Waals surface area (Å²) in [5.41, 5.74) is 0. The first-order valence-electron chi connectivity index (χ1n) is 20.2. The van der Waals surface area contributed by atoms with E-state index in [1.54, 1.807) is 0 Å². The first-order valence-corrected chi connectivity index (χ1v) is 21.6. The van der Waals surface area contributed by atoms with Gasteiger partial charge in [0.2, 0.25) is 0 Å². The van der Waals surface area contributed by atoms with Crippen LogP contribution in [0.25, 0.3) is 0 Å². The number of carbonyl (C=O) groups excluding carboxylic acids is 1. The Labute approximate surface area is 319 Å². The maximum atomic E-state index is 12.5. The van der Waals surface area contributed by atoms with Crippen LogP contribution in [0.4, 0.5) is 0 Å². The zero-order valence-corrected chi connectivity index (χ0v) is 34.6. The van der Waals surface area contributed by atoms with Gasteiger partial charge in [0, 0.05) is 13.0 Å². The standard InChI is InChI=1S/C43H76NO7P/c1-6-8-10-12-14-15-16-17-18-19-20-21-22-23-24-25-26-27-28-29-30-31-33-35-38-48-40-42(51-43(45)36-34-32-13-11-9-7-2)41-50-52(46,47)49-39-37-44(3,4)5/h8,10,14-15,17-18,20-21,23-24,26-27,42H,6-7,9,11-13,16,19,22,25,28-41H2,1-5H3/b10-8-,15-14-,18-17-,21-20-,24-23-,27-26-. The van der Waals surface area contributed by atoms with Crippen molar-refractivity contribution in [3.05, 3.63) is 72.9 Å². The fourth-order valence-electron chi connectivity index (χ4n) is 4.90. The maximum absolute atomic E-state index is 12.5. The second-order valence-electron chi connectivity index (χ2n) is 14.3. The van der Waals surface area contributed by atoms with Gasteiger partial charge >= 0.3 is 5.97 Å². The molecule has 0 N–H and O–H groups in total. The summed E-state index contributed by atoms with van der Waals surface area (Å²) >= 11 is 0. The summed E-state index contributed by atoms with van der Waals surface area (Å²) in [6, 6.07) is 0. The highest BCUT2D eigenvalue weighted by Crippen LogP contribution is 2.38. The molecule has 0 heterocycles. The lowest BCUT2D eigenvalue weighted by Crippen LogP contribution is -2.37. The predicted molar refractivity (Wildman–Crippen MR) is 217 cm³/mol. The van der Waals surface area contributed by atoms with Crippen molar-refractivity contribution in [1.82, 2.24) is 0 Å². The number of carbonyl (C=O) groups is 1. The highest BCUT2D eigenvalue weighted by atomic mass is 31.2. The molecule has 0 amide bonds. The van der Waals surface area contributed by atoms with Gasteiger partial charge in [0.1, 0.15) is 19.3 Å². The highest BCUT2D eigenvalue weighted by Gasteiger charge is 2.20. The molecule has 0 aliphatic rings. The smallest absolute Gasteiger partial charge is 0.306 e. The zero-order valence-electron chi connectivity index (χ0n) is 33.7. The number of phosphoric ester groups is 1. The van der Waals surface area contributed by atoms with Crippen molar-refractivity contribution < 1.29 is 37.3 Å². The normalized spacial score (nSPS) is 14.7. The first kappa shape index (κ1) is 49.9. The number of nitrogens with zero attached hydrogens (tertiary/aromatic N) is 1. The van der Waals surface area contributed by atoms with Crippen LogP contribution < -0.4 is 4.89 Å². The number of hydrogen-bond acceptors (Lipinski definition) is 7. The van der Waals surface area contributed by atoms with Crippen LogP contribution in [0.1, 0.15) is 136 Å². The third-order valence-corrected chi connectivity index (χ3v) is 8.99. The monoisotopic (exact) mass is 750 g/mol. The van der Waals surface area contributed by atoms with Gasteiger partial charge < -0.3 is 27.9 Å². The van der Waals surface area contributed by atoms with Crippen LogP contribution >= 0.6 is 7.82 Å². The second-order valence-corrected chi connectivity index (χ2v) is 15.7. The third kappa shape index (κ3) is 39.2. The maximum Gasteiger partial charge on any atom is 0.306 e. The molecule has 52 heavy (non-hydrogen) atoms. The molecule has 0 aromatic rings. The third-order valence-electron chi connectivity index (χ3n) is 8.02. The van der Waals surface area contributed by atoms with Gasteiger partial charge in [-0.25, -0.2) is 0 Å². The number of likely N-dealkylation sites (N-methyl/N-ethyl adjacent to an activating group) is 1. The van der Waals surface area contributed by atoms with Crippen molar-refractivity contribution in [3.63, 3.8) is 0 Å². The Morgan fingerprint density at radius 3 is 1.67 bits per heavy atom. The van der Waals surface area contributed by atoms with Crippen molar-refractivity contribution in [1.29, 1.82) is 0 Å². The molecule has 0 aliphatic heterocycles. The fourth-order valence-corrected chi connectivity index (χ4v) is 5.63. The van der Waals surface area contributed by atoms with Gasteiger partial charge in [-0.15, -0.1) is 0 Å². The first-order chi connectivity index (χ1) is 25.1. The zero-order chi connectivity index (χ0) is 38.4. The fraction of sp³-hybridized carbons (Fsp3) is 0.698. The van der Waals surface area contributed by atoms with Gasteiger partial charge in [-0.3, -0.25) is 9.36 Å². The van der Waals surface area contributed by atoms with Gasteiger partial charge in [-0.2, -0.15) is 0 Å². The molecule has 0 saturated heterocycles. The van der Waals surface area contributed by atoms with E-state index in [0.29, 0.717) is 24.1 Å². The highest BCUT2D eigenvalue weighted by molar-refractivity contribution is 7.45. The van der Waals surface area contributed by atoms with Gasteiger partial charge in [0.05, 0.1) is 34.4 Å². The van der Waals surface area contributed by atoms with E-state index in [4.69, 9.17) is 18.5 Å². The molecule has 0 saturated carbocycles. The van der Waals surface area contributed by atoms with E-state index in [2.05, 4.69) is 86.8 Å². The number of hydrogen-bond donors (Lipinski definition) is 0. The summed E-state index contributed by atoms with van der Waals surface area (Å²) in [7, 11) is 1.33. The van der Waals surface area contributed by atoms with Gasteiger partial charge in [0.15, 0.2) is 0 Å². The molecule has 0 aromatic carbocycles. The Morgan fingerprint density at radius 1 is 0.615 bits per heavy atom. The Balaban J connectivity index is 4.14. The number of ether oxygens (including phenoxy) is 2. The van der Waals surface area contributed by atoms with E-state index in [1.165, 1.54) is 32.1 Å². The van der Waals surface area contributed by atoms with E-state index >= 15 is 0 Å². The minimum Gasteiger partial charge on any atom is -0.756 e. The Hall–Kier alpha value is -2.06. The van der Waals surface area contributed by atoms with Crippen LogP contribution in [0.2, 0.25) is 0 Å². The molecule has 0 radical (unpaired) electrons. The van der Waals surface area contributed by atoms with Crippen molar-refractivity contribution in [2.45, 2.75) is 142 Å². The van der Waals surface area contributed by atoms with Gasteiger partial charge in [-0.1, -0.05) is 138 Å². The van der Waals surface area contributed by atoms with Crippen LogP contribution in [0.15, 0.2) is 72.9 Å². The lowest BCUT2D eigenvalue weighted by Gasteiger charge is -2.28. The average Bonchev–Trinajstić information content (AvgIpc) is 3.09. The van der Waals surface area contributed by atoms with Crippen LogP contribution in [0.5, 0.6) is 0 Å². The molecule has 2 atom stereocenters. The minimum absolute atomic E-state index is 0.0185. The van der Waals surface area contributed by atoms with E-state index in [1.807, 2.05) is 21.1 Å². The summed E-state index contributed by atoms with van der Waals surface area (Å²) < 4.78 is 34.3. The number of rotatable bonds is 36. The van der Waals surface area contributed by atoms with Crippen molar-refractivity contribution in [3.8, 4) is 0 Å². The number of quaternary nitrogens is 1. The number of phosphoric acid groups is 1. The van der Waals surface area contributed by atoms with E-state index in [0.717, 1.165) is 83.5 Å². The molecule has 0 rings (SSSR count). The second kappa shape index (κ2) is 35.9. The molecular weight excluding hydrogens is 673 g/mol. The summed E-state index contributed by atoms with van der Waals surface area (Å²) in [4.78, 5) is 24.7. The molecule has 0 aromatic heterocycles. The van der Waals surface area contributed by atoms with Crippen molar-refractivity contribution in [2.24, 2.45) is 0 Å². The molecule has 2 unspecified atom stereocenters. The van der Waals surface area contributed by atoms with E-state index < -0.39 is 13.9 Å². The molecule has 9 heteroatoms. The summed E-state index contributed by atoms with van der Waals surface area (Å²) in [6.07, 6.45) is 45.2. The topological polar surface area (TPSA) is 94.1 Å². The van der Waals surface area contributed by atoms with Gasteiger partial charge in [-0.05, 0) is 64.2 Å². The number of allylic oxidation sites excluding steroid dienone is 12. The average molecular weight is 750 g/mol. The van der Waals surface area contributed by atoms with Crippen molar-refractivity contribution >= 4 is 13.8 Å². The summed E-state index contributed by atoms with van der Waals surface area (Å²) in [5, 5.41) is 0. The number of unbranched alkanes of at least 4 members (excludes halogenated alkanes) is 10. The molecule has 0 aliphatic carbocycles. The van der Waals surface area contributed by atoms with E-state index in [9.17, 15) is 14.3 Å². The molecule has 0 spiro atoms. The Bertz CT molecular complexity index is 1060. The van der Waals surface area contributed by atoms with Gasteiger partial charge in [0.25, 0.3) is 7.82 Å². The Morgan fingerprint density at radius 2 is 1.12 bits per heavy atom. The number of esters is 1. The lowest BCUT2D eigenvalue weighted by atomic mass is 10.1. The predicted octanol–water partition coefficient (Wildman–Crippen LogP) is 10.9. The van der Waals surface area contributed by atoms with Crippen molar-refractivity contribution in [2.75, 3.05) is 54.1 Å². The molecule has 0 fully saturated rings. The quantitative estimate of drug-likeness (QED) is 0.0207. The van der Waals surface area contributed by atoms with E-state index in [-0.39, 0.29) is 25.8 Å². The molecular formula is C43H76NO7P.